The predicted molar refractivity (Wildman–Crippen MR) is 71.8 cm³/mol. The largest absolute Gasteiger partial charge is 0.461 e. The fourth-order valence-electron chi connectivity index (χ4n) is 1.47. The van der Waals surface area contributed by atoms with Crippen molar-refractivity contribution in [2.45, 2.75) is 17.3 Å². The normalized spacial score (nSPS) is 12.1. The smallest absolute Gasteiger partial charge is 0.318 e. The second kappa shape index (κ2) is 5.78. The highest BCUT2D eigenvalue weighted by Gasteiger charge is 2.20. The van der Waals surface area contributed by atoms with Gasteiger partial charge in [-0.2, -0.15) is 0 Å². The molecule has 0 fully saturated rings. The average molecular weight is 295 g/mol. The van der Waals surface area contributed by atoms with Crippen LogP contribution in [-0.4, -0.2) is 32.0 Å². The van der Waals surface area contributed by atoms with Crippen molar-refractivity contribution in [3.63, 3.8) is 0 Å². The molecule has 0 saturated heterocycles. The molecule has 2 heterocycles. The van der Waals surface area contributed by atoms with Gasteiger partial charge < -0.3 is 14.7 Å². The Labute approximate surface area is 118 Å². The van der Waals surface area contributed by atoms with Crippen LogP contribution in [0, 0.1) is 0 Å². The maximum Gasteiger partial charge on any atom is 0.318 e. The van der Waals surface area contributed by atoms with Crippen molar-refractivity contribution in [3.8, 4) is 11.6 Å². The Hall–Kier alpha value is -2.29. The fourth-order valence-corrected chi connectivity index (χ4v) is 2.29. The first-order chi connectivity index (χ1) is 9.49. The number of hydrogen-bond acceptors (Lipinski definition) is 6. The summed E-state index contributed by atoms with van der Waals surface area (Å²) in [6.07, 6.45) is 1.54. The lowest BCUT2D eigenvalue weighted by molar-refractivity contribution is -0.119. The number of carbonyl (C=O) groups is 2. The van der Waals surface area contributed by atoms with Crippen LogP contribution in [0.5, 0.6) is 0 Å². The molecule has 20 heavy (non-hydrogen) atoms. The molecule has 0 unspecified atom stereocenters. The van der Waals surface area contributed by atoms with Crippen molar-refractivity contribution >= 4 is 23.7 Å². The second-order valence-electron chi connectivity index (χ2n) is 3.96. The van der Waals surface area contributed by atoms with E-state index in [1.165, 1.54) is 11.8 Å². The zero-order valence-electron chi connectivity index (χ0n) is 10.9. The molecule has 0 aliphatic heterocycles. The summed E-state index contributed by atoms with van der Waals surface area (Å²) >= 11 is 1.17. The Bertz CT molecular complexity index is 622. The third kappa shape index (κ3) is 2.99. The van der Waals surface area contributed by atoms with Crippen molar-refractivity contribution in [2.75, 3.05) is 0 Å². The van der Waals surface area contributed by atoms with Crippen molar-refractivity contribution in [1.82, 2.24) is 20.1 Å². The van der Waals surface area contributed by atoms with Gasteiger partial charge in [-0.15, -0.1) is 10.2 Å². The molecule has 2 aromatic rings. The van der Waals surface area contributed by atoms with E-state index < -0.39 is 17.2 Å². The van der Waals surface area contributed by atoms with Gasteiger partial charge in [0, 0.05) is 7.05 Å². The summed E-state index contributed by atoms with van der Waals surface area (Å²) in [5, 5.41) is 10.0. The first kappa shape index (κ1) is 14.1. The van der Waals surface area contributed by atoms with E-state index in [2.05, 4.69) is 10.2 Å². The van der Waals surface area contributed by atoms with Crippen LogP contribution in [0.4, 0.5) is 4.79 Å². The molecule has 8 nitrogen and oxygen atoms in total. The minimum absolute atomic E-state index is 0.481. The van der Waals surface area contributed by atoms with Gasteiger partial charge in [0.25, 0.3) is 0 Å². The summed E-state index contributed by atoms with van der Waals surface area (Å²) in [5.41, 5.74) is 4.90. The molecule has 0 bridgehead atoms. The topological polar surface area (TPSA) is 116 Å². The highest BCUT2D eigenvalue weighted by atomic mass is 32.2. The molecule has 3 amide bonds. The van der Waals surface area contributed by atoms with E-state index in [0.717, 1.165) is 0 Å². The molecule has 2 rings (SSSR count). The Kier molecular flexibility index (Phi) is 4.08. The van der Waals surface area contributed by atoms with E-state index in [1.54, 1.807) is 36.9 Å². The van der Waals surface area contributed by atoms with Gasteiger partial charge in [-0.05, 0) is 19.1 Å². The van der Waals surface area contributed by atoms with E-state index in [9.17, 15) is 9.59 Å². The number of nitrogens with one attached hydrogen (secondary N) is 1. The summed E-state index contributed by atoms with van der Waals surface area (Å²) in [5.74, 6) is 0.658. The van der Waals surface area contributed by atoms with Gasteiger partial charge >= 0.3 is 6.03 Å². The van der Waals surface area contributed by atoms with E-state index in [4.69, 9.17) is 10.2 Å². The van der Waals surface area contributed by atoms with Crippen LogP contribution >= 0.6 is 11.8 Å². The second-order valence-corrected chi connectivity index (χ2v) is 5.26. The first-order valence-electron chi connectivity index (χ1n) is 5.69. The number of amides is 3. The molecule has 9 heteroatoms. The van der Waals surface area contributed by atoms with E-state index in [0.29, 0.717) is 16.7 Å². The Morgan fingerprint density at radius 3 is 2.85 bits per heavy atom. The molecule has 1 atom stereocenters. The minimum atomic E-state index is -0.878. The van der Waals surface area contributed by atoms with E-state index in [-0.39, 0.29) is 0 Å². The molecular formula is C11H13N5O3S. The number of furan rings is 1. The fraction of sp³-hybridized carbons (Fsp3) is 0.273. The molecule has 0 aromatic carbocycles. The molecular weight excluding hydrogens is 282 g/mol. The molecule has 106 valence electrons. The van der Waals surface area contributed by atoms with Crippen LogP contribution < -0.4 is 11.1 Å². The lowest BCUT2D eigenvalue weighted by Gasteiger charge is -2.09. The van der Waals surface area contributed by atoms with E-state index in [1.807, 2.05) is 5.32 Å². The van der Waals surface area contributed by atoms with Gasteiger partial charge in [0.15, 0.2) is 16.7 Å². The molecule has 2 aromatic heterocycles. The zero-order chi connectivity index (χ0) is 14.7. The number of urea groups is 1. The maximum atomic E-state index is 11.6. The predicted octanol–water partition coefficient (Wildman–Crippen LogP) is 0.751. The Balaban J connectivity index is 2.11. The summed E-state index contributed by atoms with van der Waals surface area (Å²) in [6.45, 7) is 1.64. The molecule has 3 N–H and O–H groups in total. The number of imide groups is 1. The lowest BCUT2D eigenvalue weighted by atomic mass is 10.4. The van der Waals surface area contributed by atoms with Gasteiger partial charge in [0.2, 0.25) is 5.91 Å². The zero-order valence-corrected chi connectivity index (χ0v) is 11.7. The number of aromatic nitrogens is 3. The summed E-state index contributed by atoms with van der Waals surface area (Å²) in [7, 11) is 1.76. The van der Waals surface area contributed by atoms with Gasteiger partial charge in [-0.3, -0.25) is 10.1 Å². The lowest BCUT2D eigenvalue weighted by Crippen LogP contribution is -2.39. The third-order valence-corrected chi connectivity index (χ3v) is 3.61. The van der Waals surface area contributed by atoms with Crippen LogP contribution in [0.3, 0.4) is 0 Å². The summed E-state index contributed by atoms with van der Waals surface area (Å²) in [4.78, 5) is 22.2. The van der Waals surface area contributed by atoms with Crippen molar-refractivity contribution in [2.24, 2.45) is 12.8 Å². The van der Waals surface area contributed by atoms with Crippen LogP contribution in [0.25, 0.3) is 11.6 Å². The van der Waals surface area contributed by atoms with Crippen LogP contribution in [0.2, 0.25) is 0 Å². The highest BCUT2D eigenvalue weighted by Crippen LogP contribution is 2.25. The third-order valence-electron chi connectivity index (χ3n) is 2.47. The quantitative estimate of drug-likeness (QED) is 0.804. The molecule has 0 spiro atoms. The summed E-state index contributed by atoms with van der Waals surface area (Å²) < 4.78 is 6.95. The average Bonchev–Trinajstić information content (AvgIpc) is 2.99. The maximum absolute atomic E-state index is 11.6. The molecule has 0 saturated carbocycles. The van der Waals surface area contributed by atoms with Crippen LogP contribution in [0.15, 0.2) is 28.0 Å². The number of thioether (sulfide) groups is 1. The van der Waals surface area contributed by atoms with Crippen molar-refractivity contribution in [3.05, 3.63) is 18.4 Å². The van der Waals surface area contributed by atoms with Crippen molar-refractivity contribution in [1.29, 1.82) is 0 Å². The first-order valence-corrected chi connectivity index (χ1v) is 6.57. The number of hydrogen-bond donors (Lipinski definition) is 2. The van der Waals surface area contributed by atoms with Gasteiger partial charge in [0.1, 0.15) is 0 Å². The standard InChI is InChI=1S/C11H13N5O3S/c1-6(9(17)13-10(12)18)20-11-15-14-8(16(11)2)7-4-3-5-19-7/h3-6H,1-2H3,(H3,12,13,17,18)/t6-/m1/s1. The minimum Gasteiger partial charge on any atom is -0.461 e. The van der Waals surface area contributed by atoms with Gasteiger partial charge in [-0.25, -0.2) is 4.79 Å². The number of nitrogens with zero attached hydrogens (tertiary/aromatic N) is 3. The Morgan fingerprint density at radius 2 is 2.25 bits per heavy atom. The SMILES string of the molecule is C[C@@H](Sc1nnc(-c2ccco2)n1C)C(=O)NC(N)=O. The number of nitrogens with two attached hydrogens (primary N) is 1. The Morgan fingerprint density at radius 1 is 1.50 bits per heavy atom. The van der Waals surface area contributed by atoms with Gasteiger partial charge in [0.05, 0.1) is 11.5 Å². The molecule has 0 aliphatic carbocycles. The number of rotatable bonds is 4. The van der Waals surface area contributed by atoms with Crippen LogP contribution in [-0.2, 0) is 11.8 Å². The molecule has 0 aliphatic rings. The van der Waals surface area contributed by atoms with Gasteiger partial charge in [-0.1, -0.05) is 11.8 Å². The highest BCUT2D eigenvalue weighted by molar-refractivity contribution is 8.00. The van der Waals surface area contributed by atoms with Crippen molar-refractivity contribution < 1.29 is 14.0 Å². The van der Waals surface area contributed by atoms with Crippen LogP contribution in [0.1, 0.15) is 6.92 Å². The summed E-state index contributed by atoms with van der Waals surface area (Å²) in [6, 6.07) is 2.64. The number of carbonyl (C=O) groups excluding carboxylic acids is 2. The van der Waals surface area contributed by atoms with E-state index >= 15 is 0 Å². The number of primary amides is 1. The molecule has 0 radical (unpaired) electrons. The monoisotopic (exact) mass is 295 g/mol.